The minimum Gasteiger partial charge on any atom is -0.330 e. The summed E-state index contributed by atoms with van der Waals surface area (Å²) in [6.45, 7) is 4.97. The van der Waals surface area contributed by atoms with Gasteiger partial charge in [0.1, 0.15) is 0 Å². The van der Waals surface area contributed by atoms with Crippen molar-refractivity contribution in [1.82, 2.24) is 4.90 Å². The van der Waals surface area contributed by atoms with Crippen molar-refractivity contribution in [2.75, 3.05) is 26.2 Å². The summed E-state index contributed by atoms with van der Waals surface area (Å²) in [5.41, 5.74) is 5.65. The van der Waals surface area contributed by atoms with E-state index in [1.165, 1.54) is 45.3 Å². The lowest BCUT2D eigenvalue weighted by molar-refractivity contribution is 0.214. The van der Waals surface area contributed by atoms with Gasteiger partial charge in [-0.3, -0.25) is 0 Å². The molecule has 3 rings (SSSR count). The van der Waals surface area contributed by atoms with Gasteiger partial charge in [0.2, 0.25) is 0 Å². The molecule has 2 saturated carbocycles. The summed E-state index contributed by atoms with van der Waals surface area (Å²) in [6.07, 6.45) is 8.82. The van der Waals surface area contributed by atoms with Crippen molar-refractivity contribution in [3.63, 3.8) is 0 Å². The Hall–Kier alpha value is -0.0800. The highest BCUT2D eigenvalue weighted by molar-refractivity contribution is 4.92. The first-order valence-electron chi connectivity index (χ1n) is 7.27. The first-order chi connectivity index (χ1) is 7.85. The van der Waals surface area contributed by atoms with Gasteiger partial charge in [-0.2, -0.15) is 0 Å². The molecule has 2 heteroatoms. The Morgan fingerprint density at radius 1 is 1.12 bits per heavy atom. The normalized spacial score (nSPS) is 43.3. The minimum atomic E-state index is 0.882. The first kappa shape index (κ1) is 11.0. The molecule has 0 amide bonds. The highest BCUT2D eigenvalue weighted by Crippen LogP contribution is 2.48. The van der Waals surface area contributed by atoms with E-state index in [9.17, 15) is 0 Å². The van der Waals surface area contributed by atoms with E-state index in [0.717, 1.165) is 30.2 Å². The summed E-state index contributed by atoms with van der Waals surface area (Å²) in [5, 5.41) is 0. The fourth-order valence-electron chi connectivity index (χ4n) is 4.48. The monoisotopic (exact) mass is 222 g/mol. The molecular formula is C14H26N2. The molecule has 1 saturated heterocycles. The van der Waals surface area contributed by atoms with E-state index in [0.29, 0.717) is 0 Å². The van der Waals surface area contributed by atoms with Gasteiger partial charge in [-0.15, -0.1) is 0 Å². The van der Waals surface area contributed by atoms with E-state index in [2.05, 4.69) is 4.90 Å². The summed E-state index contributed by atoms with van der Waals surface area (Å²) in [7, 11) is 0. The Morgan fingerprint density at radius 2 is 2.06 bits per heavy atom. The van der Waals surface area contributed by atoms with Crippen LogP contribution in [-0.4, -0.2) is 31.1 Å². The van der Waals surface area contributed by atoms with E-state index in [1.54, 1.807) is 12.8 Å². The second-order valence-corrected chi connectivity index (χ2v) is 6.43. The number of hydrogen-bond acceptors (Lipinski definition) is 2. The summed E-state index contributed by atoms with van der Waals surface area (Å²) < 4.78 is 0. The van der Waals surface area contributed by atoms with Crippen LogP contribution in [0.3, 0.4) is 0 Å². The molecule has 0 aromatic carbocycles. The van der Waals surface area contributed by atoms with Gasteiger partial charge in [-0.05, 0) is 68.9 Å². The van der Waals surface area contributed by atoms with E-state index in [1.807, 2.05) is 0 Å². The average molecular weight is 222 g/mol. The fourth-order valence-corrected chi connectivity index (χ4v) is 4.48. The molecule has 2 bridgehead atoms. The Morgan fingerprint density at radius 3 is 2.75 bits per heavy atom. The number of hydrogen-bond donors (Lipinski definition) is 1. The molecule has 0 aromatic heterocycles. The molecule has 1 heterocycles. The van der Waals surface area contributed by atoms with Crippen molar-refractivity contribution in [1.29, 1.82) is 0 Å². The molecule has 0 aromatic rings. The van der Waals surface area contributed by atoms with E-state index in [4.69, 9.17) is 5.73 Å². The maximum atomic E-state index is 5.65. The molecule has 4 atom stereocenters. The van der Waals surface area contributed by atoms with Crippen molar-refractivity contribution in [3.8, 4) is 0 Å². The zero-order valence-corrected chi connectivity index (χ0v) is 10.4. The van der Waals surface area contributed by atoms with Gasteiger partial charge in [0, 0.05) is 13.1 Å². The number of likely N-dealkylation sites (tertiary alicyclic amines) is 1. The molecule has 2 nitrogen and oxygen atoms in total. The highest BCUT2D eigenvalue weighted by atomic mass is 15.1. The molecule has 0 radical (unpaired) electrons. The van der Waals surface area contributed by atoms with Crippen LogP contribution in [0.2, 0.25) is 0 Å². The summed E-state index contributed by atoms with van der Waals surface area (Å²) in [6, 6.07) is 0. The van der Waals surface area contributed by atoms with Gasteiger partial charge >= 0.3 is 0 Å². The fraction of sp³-hybridized carbons (Fsp3) is 1.00. The third-order valence-corrected chi connectivity index (χ3v) is 5.32. The maximum absolute atomic E-state index is 5.65. The molecule has 2 N–H and O–H groups in total. The lowest BCUT2D eigenvalue weighted by atomic mass is 9.88. The topological polar surface area (TPSA) is 29.3 Å². The molecule has 92 valence electrons. The van der Waals surface area contributed by atoms with Crippen LogP contribution >= 0.6 is 0 Å². The average Bonchev–Trinajstić information content (AvgIpc) is 2.95. The van der Waals surface area contributed by atoms with Crippen LogP contribution in [0.15, 0.2) is 0 Å². The molecule has 3 aliphatic rings. The predicted octanol–water partition coefficient (Wildman–Crippen LogP) is 2.09. The van der Waals surface area contributed by atoms with Gasteiger partial charge in [-0.1, -0.05) is 6.42 Å². The van der Waals surface area contributed by atoms with Gasteiger partial charge in [0.05, 0.1) is 0 Å². The number of rotatable bonds is 4. The van der Waals surface area contributed by atoms with Crippen LogP contribution in [0.25, 0.3) is 0 Å². The maximum Gasteiger partial charge on any atom is 0.00125 e. The Kier molecular flexibility index (Phi) is 3.21. The van der Waals surface area contributed by atoms with Gasteiger partial charge in [-0.25, -0.2) is 0 Å². The van der Waals surface area contributed by atoms with Crippen LogP contribution in [0, 0.1) is 23.7 Å². The van der Waals surface area contributed by atoms with Crippen molar-refractivity contribution in [2.45, 2.75) is 38.5 Å². The van der Waals surface area contributed by atoms with Crippen molar-refractivity contribution in [3.05, 3.63) is 0 Å². The zero-order valence-electron chi connectivity index (χ0n) is 10.4. The highest BCUT2D eigenvalue weighted by Gasteiger charge is 2.40. The van der Waals surface area contributed by atoms with Crippen molar-refractivity contribution in [2.24, 2.45) is 29.4 Å². The quantitative estimate of drug-likeness (QED) is 0.789. The third-order valence-electron chi connectivity index (χ3n) is 5.32. The first-order valence-corrected chi connectivity index (χ1v) is 7.27. The number of fused-ring (bicyclic) bond motifs is 2. The summed E-state index contributed by atoms with van der Waals surface area (Å²) >= 11 is 0. The SMILES string of the molecule is NCCC1CCN(CC2CC3CCC2C3)C1. The molecule has 16 heavy (non-hydrogen) atoms. The molecule has 2 aliphatic carbocycles. The Balaban J connectivity index is 1.46. The van der Waals surface area contributed by atoms with Gasteiger partial charge in [0.15, 0.2) is 0 Å². The Bertz CT molecular complexity index is 241. The second kappa shape index (κ2) is 4.66. The molecule has 3 fully saturated rings. The van der Waals surface area contributed by atoms with Crippen molar-refractivity contribution >= 4 is 0 Å². The molecule has 1 aliphatic heterocycles. The standard InChI is InChI=1S/C14H26N2/c15-5-3-11-4-6-16(9-11)10-14-8-12-1-2-13(14)7-12/h11-14H,1-10,15H2. The van der Waals surface area contributed by atoms with Crippen LogP contribution in [0.5, 0.6) is 0 Å². The van der Waals surface area contributed by atoms with E-state index >= 15 is 0 Å². The van der Waals surface area contributed by atoms with Gasteiger partial charge < -0.3 is 10.6 Å². The predicted molar refractivity (Wildman–Crippen MR) is 67.2 cm³/mol. The van der Waals surface area contributed by atoms with Crippen molar-refractivity contribution < 1.29 is 0 Å². The molecule has 4 unspecified atom stereocenters. The smallest absolute Gasteiger partial charge is 0.00125 e. The van der Waals surface area contributed by atoms with E-state index < -0.39 is 0 Å². The lowest BCUT2D eigenvalue weighted by Crippen LogP contribution is -2.30. The van der Waals surface area contributed by atoms with E-state index in [-0.39, 0.29) is 0 Å². The van der Waals surface area contributed by atoms with Crippen LogP contribution in [0.4, 0.5) is 0 Å². The lowest BCUT2D eigenvalue weighted by Gasteiger charge is -2.27. The van der Waals surface area contributed by atoms with Crippen LogP contribution < -0.4 is 5.73 Å². The number of nitrogens with two attached hydrogens (primary N) is 1. The van der Waals surface area contributed by atoms with Crippen LogP contribution in [0.1, 0.15) is 38.5 Å². The Labute approximate surface area is 99.6 Å². The minimum absolute atomic E-state index is 0.882. The number of nitrogens with zero attached hydrogens (tertiary/aromatic N) is 1. The molecule has 0 spiro atoms. The molecular weight excluding hydrogens is 196 g/mol. The largest absolute Gasteiger partial charge is 0.330 e. The van der Waals surface area contributed by atoms with Crippen LogP contribution in [-0.2, 0) is 0 Å². The zero-order chi connectivity index (χ0) is 11.0. The summed E-state index contributed by atoms with van der Waals surface area (Å²) in [4.78, 5) is 2.73. The second-order valence-electron chi connectivity index (χ2n) is 6.43. The third kappa shape index (κ3) is 2.14. The van der Waals surface area contributed by atoms with Gasteiger partial charge in [0.25, 0.3) is 0 Å². The summed E-state index contributed by atoms with van der Waals surface area (Å²) in [5.74, 6) is 4.16.